The maximum atomic E-state index is 12.1. The van der Waals surface area contributed by atoms with Crippen molar-refractivity contribution in [1.82, 2.24) is 15.5 Å². The molecule has 6 heteroatoms. The molecule has 0 saturated carbocycles. The van der Waals surface area contributed by atoms with Crippen LogP contribution in [0.15, 0.2) is 24.3 Å². The lowest BCUT2D eigenvalue weighted by molar-refractivity contribution is -0.124. The number of nitrogens with zero attached hydrogens (tertiary/aromatic N) is 1. The van der Waals surface area contributed by atoms with Gasteiger partial charge in [-0.2, -0.15) is 0 Å². The van der Waals surface area contributed by atoms with Crippen LogP contribution in [0.3, 0.4) is 0 Å². The molecule has 1 heterocycles. The highest BCUT2D eigenvalue weighted by Gasteiger charge is 2.19. The van der Waals surface area contributed by atoms with Crippen molar-refractivity contribution >= 4 is 5.91 Å². The first kappa shape index (κ1) is 17.7. The summed E-state index contributed by atoms with van der Waals surface area (Å²) in [7, 11) is 5.67. The minimum absolute atomic E-state index is 0.0217. The van der Waals surface area contributed by atoms with Crippen molar-refractivity contribution in [2.45, 2.75) is 18.6 Å². The Kier molecular flexibility index (Phi) is 6.83. The summed E-state index contributed by atoms with van der Waals surface area (Å²) in [5.74, 6) is 0.843. The van der Waals surface area contributed by atoms with Crippen molar-refractivity contribution in [3.8, 4) is 5.75 Å². The Labute approximate surface area is 138 Å². The lowest BCUT2D eigenvalue weighted by Crippen LogP contribution is -2.42. The van der Waals surface area contributed by atoms with Gasteiger partial charge in [-0.05, 0) is 31.8 Å². The van der Waals surface area contributed by atoms with Crippen LogP contribution in [-0.2, 0) is 9.53 Å². The zero-order chi connectivity index (χ0) is 16.7. The fourth-order valence-corrected chi connectivity index (χ4v) is 2.69. The molecule has 2 N–H and O–H groups in total. The summed E-state index contributed by atoms with van der Waals surface area (Å²) in [5.41, 5.74) is 1.12. The number of likely N-dealkylation sites (N-methyl/N-ethyl adjacent to an activating group) is 1. The van der Waals surface area contributed by atoms with Gasteiger partial charge < -0.3 is 25.0 Å². The average molecular weight is 321 g/mol. The number of hydrogen-bond acceptors (Lipinski definition) is 5. The first-order valence-electron chi connectivity index (χ1n) is 7.99. The Hall–Kier alpha value is -1.63. The van der Waals surface area contributed by atoms with E-state index in [1.54, 1.807) is 7.11 Å². The monoisotopic (exact) mass is 321 g/mol. The van der Waals surface area contributed by atoms with Crippen molar-refractivity contribution in [3.63, 3.8) is 0 Å². The average Bonchev–Trinajstić information content (AvgIpc) is 2.56. The van der Waals surface area contributed by atoms with Crippen molar-refractivity contribution in [1.29, 1.82) is 0 Å². The van der Waals surface area contributed by atoms with Crippen LogP contribution in [0.25, 0.3) is 0 Å². The summed E-state index contributed by atoms with van der Waals surface area (Å²) in [6, 6.07) is 8.04. The number of carbonyl (C=O) groups excluding carboxylic acids is 1. The van der Waals surface area contributed by atoms with Gasteiger partial charge in [-0.3, -0.25) is 4.79 Å². The number of ether oxygens (including phenoxy) is 2. The van der Waals surface area contributed by atoms with Crippen molar-refractivity contribution in [2.75, 3.05) is 47.4 Å². The topological polar surface area (TPSA) is 62.8 Å². The van der Waals surface area contributed by atoms with Gasteiger partial charge in [0, 0.05) is 19.6 Å². The first-order chi connectivity index (χ1) is 11.1. The Morgan fingerprint density at radius 3 is 3.00 bits per heavy atom. The van der Waals surface area contributed by atoms with Crippen LogP contribution in [0.4, 0.5) is 0 Å². The van der Waals surface area contributed by atoms with E-state index < -0.39 is 0 Å². The molecule has 23 heavy (non-hydrogen) atoms. The molecule has 1 aromatic rings. The van der Waals surface area contributed by atoms with Gasteiger partial charge in [0.1, 0.15) is 5.75 Å². The van der Waals surface area contributed by atoms with E-state index in [2.05, 4.69) is 15.5 Å². The SMILES string of the molecule is COc1cccc(C(CNC(=O)CC2CNCCO2)N(C)C)c1. The summed E-state index contributed by atoms with van der Waals surface area (Å²) < 4.78 is 10.8. The number of carbonyl (C=O) groups is 1. The van der Waals surface area contributed by atoms with Gasteiger partial charge in [-0.15, -0.1) is 0 Å². The summed E-state index contributed by atoms with van der Waals surface area (Å²) >= 11 is 0. The summed E-state index contributed by atoms with van der Waals surface area (Å²) in [5, 5.41) is 6.25. The minimum Gasteiger partial charge on any atom is -0.497 e. The molecule has 128 valence electrons. The minimum atomic E-state index is -0.0293. The molecule has 0 spiro atoms. The smallest absolute Gasteiger partial charge is 0.222 e. The molecule has 0 aliphatic carbocycles. The van der Waals surface area contributed by atoms with Crippen molar-refractivity contribution < 1.29 is 14.3 Å². The van der Waals surface area contributed by atoms with Gasteiger partial charge >= 0.3 is 0 Å². The van der Waals surface area contributed by atoms with Gasteiger partial charge in [-0.1, -0.05) is 12.1 Å². The molecule has 0 aromatic heterocycles. The molecular formula is C17H27N3O3. The van der Waals surface area contributed by atoms with Crippen LogP contribution in [0.1, 0.15) is 18.0 Å². The van der Waals surface area contributed by atoms with E-state index in [9.17, 15) is 4.79 Å². The second-order valence-corrected chi connectivity index (χ2v) is 5.96. The molecule has 2 unspecified atom stereocenters. The molecule has 2 rings (SSSR count). The summed E-state index contributed by atoms with van der Waals surface area (Å²) in [6.45, 7) is 2.82. The largest absolute Gasteiger partial charge is 0.497 e. The quantitative estimate of drug-likeness (QED) is 0.777. The number of methoxy groups -OCH3 is 1. The van der Waals surface area contributed by atoms with Crippen LogP contribution in [0.5, 0.6) is 5.75 Å². The summed E-state index contributed by atoms with van der Waals surface area (Å²) in [4.78, 5) is 14.2. The summed E-state index contributed by atoms with van der Waals surface area (Å²) in [6.07, 6.45) is 0.365. The fraction of sp³-hybridized carbons (Fsp3) is 0.588. The zero-order valence-corrected chi connectivity index (χ0v) is 14.2. The zero-order valence-electron chi connectivity index (χ0n) is 14.2. The van der Waals surface area contributed by atoms with Crippen LogP contribution in [0.2, 0.25) is 0 Å². The van der Waals surface area contributed by atoms with E-state index in [0.29, 0.717) is 19.6 Å². The van der Waals surface area contributed by atoms with Crippen LogP contribution < -0.4 is 15.4 Å². The molecule has 1 aromatic carbocycles. The molecule has 1 saturated heterocycles. The lowest BCUT2D eigenvalue weighted by Gasteiger charge is -2.26. The van der Waals surface area contributed by atoms with Crippen LogP contribution in [-0.4, -0.2) is 64.4 Å². The second kappa shape index (κ2) is 8.86. The number of benzene rings is 1. The number of hydrogen-bond donors (Lipinski definition) is 2. The number of amides is 1. The van der Waals surface area contributed by atoms with E-state index in [1.807, 2.05) is 38.4 Å². The fourth-order valence-electron chi connectivity index (χ4n) is 2.69. The van der Waals surface area contributed by atoms with Gasteiger partial charge in [0.2, 0.25) is 5.91 Å². The normalized spacial score (nSPS) is 19.4. The third-order valence-corrected chi connectivity index (χ3v) is 4.01. The van der Waals surface area contributed by atoms with Gasteiger partial charge in [-0.25, -0.2) is 0 Å². The third-order valence-electron chi connectivity index (χ3n) is 4.01. The van der Waals surface area contributed by atoms with Crippen molar-refractivity contribution in [2.24, 2.45) is 0 Å². The highest BCUT2D eigenvalue weighted by Crippen LogP contribution is 2.22. The molecule has 2 atom stereocenters. The Morgan fingerprint density at radius 2 is 2.35 bits per heavy atom. The molecule has 1 amide bonds. The Balaban J connectivity index is 1.90. The van der Waals surface area contributed by atoms with E-state index >= 15 is 0 Å². The molecule has 1 fully saturated rings. The lowest BCUT2D eigenvalue weighted by atomic mass is 10.1. The van der Waals surface area contributed by atoms with E-state index in [0.717, 1.165) is 24.4 Å². The van der Waals surface area contributed by atoms with Crippen LogP contribution in [0, 0.1) is 0 Å². The first-order valence-corrected chi connectivity index (χ1v) is 7.99. The third kappa shape index (κ3) is 5.49. The second-order valence-electron chi connectivity index (χ2n) is 5.96. The maximum absolute atomic E-state index is 12.1. The van der Waals surface area contributed by atoms with Gasteiger partial charge in [0.05, 0.1) is 32.3 Å². The van der Waals surface area contributed by atoms with Gasteiger partial charge in [0.15, 0.2) is 0 Å². The van der Waals surface area contributed by atoms with Gasteiger partial charge in [0.25, 0.3) is 0 Å². The highest BCUT2D eigenvalue weighted by atomic mass is 16.5. The van der Waals surface area contributed by atoms with E-state index in [4.69, 9.17) is 9.47 Å². The predicted octanol–water partition coefficient (Wildman–Crippen LogP) is 0.793. The molecule has 6 nitrogen and oxygen atoms in total. The predicted molar refractivity (Wildman–Crippen MR) is 89.7 cm³/mol. The highest BCUT2D eigenvalue weighted by molar-refractivity contribution is 5.76. The molecule has 0 radical (unpaired) electrons. The van der Waals surface area contributed by atoms with E-state index in [-0.39, 0.29) is 18.1 Å². The number of rotatable bonds is 7. The standard InChI is InChI=1S/C17H27N3O3/c1-20(2)16(13-5-4-6-14(9-13)22-3)12-19-17(21)10-15-11-18-7-8-23-15/h4-6,9,15-16,18H,7-8,10-12H2,1-3H3,(H,19,21). The van der Waals surface area contributed by atoms with Crippen LogP contribution >= 0.6 is 0 Å². The van der Waals surface area contributed by atoms with Crippen molar-refractivity contribution in [3.05, 3.63) is 29.8 Å². The Bertz CT molecular complexity index is 502. The number of morpholine rings is 1. The Morgan fingerprint density at radius 1 is 1.52 bits per heavy atom. The molecule has 1 aliphatic rings. The maximum Gasteiger partial charge on any atom is 0.222 e. The molecular weight excluding hydrogens is 294 g/mol. The van der Waals surface area contributed by atoms with E-state index in [1.165, 1.54) is 0 Å². The molecule has 1 aliphatic heterocycles. The molecule has 0 bridgehead atoms. The number of nitrogens with one attached hydrogen (secondary N) is 2.